The maximum atomic E-state index is 12.7. The highest BCUT2D eigenvalue weighted by Crippen LogP contribution is 2.17. The molecule has 0 heterocycles. The standard InChI is InChI=1S/C38H68O2/c1-8-9-10-11-12-13-14-15-16-17-18-19-20-21-22-29-38(39)40-37(32-36(7)28-24-26-34(4)5)31-30-35(6)27-23-25-33(2)3/h25-26,30,32,37H,8-24,27-29,31H2,1-7H3/b35-30+,36-32+. The monoisotopic (exact) mass is 557 g/mol. The lowest BCUT2D eigenvalue weighted by molar-refractivity contribution is -0.146. The van der Waals surface area contributed by atoms with Crippen molar-refractivity contribution in [2.45, 2.75) is 189 Å². The van der Waals surface area contributed by atoms with E-state index < -0.39 is 0 Å². The summed E-state index contributed by atoms with van der Waals surface area (Å²) >= 11 is 0. The molecular formula is C38H68O2. The van der Waals surface area contributed by atoms with Crippen molar-refractivity contribution >= 4 is 5.97 Å². The van der Waals surface area contributed by atoms with Crippen LogP contribution in [0.3, 0.4) is 0 Å². The molecule has 1 unspecified atom stereocenters. The van der Waals surface area contributed by atoms with Crippen molar-refractivity contribution in [2.75, 3.05) is 0 Å². The Bertz CT molecular complexity index is 729. The molecule has 232 valence electrons. The summed E-state index contributed by atoms with van der Waals surface area (Å²) in [7, 11) is 0. The summed E-state index contributed by atoms with van der Waals surface area (Å²) in [5.41, 5.74) is 5.40. The predicted octanol–water partition coefficient (Wildman–Crippen LogP) is 12.9. The van der Waals surface area contributed by atoms with Crippen molar-refractivity contribution in [3.05, 3.63) is 46.6 Å². The van der Waals surface area contributed by atoms with Crippen molar-refractivity contribution in [1.82, 2.24) is 0 Å². The van der Waals surface area contributed by atoms with Crippen LogP contribution in [0.15, 0.2) is 46.6 Å². The van der Waals surface area contributed by atoms with Gasteiger partial charge in [0.1, 0.15) is 6.10 Å². The Morgan fingerprint density at radius 1 is 0.550 bits per heavy atom. The second-order valence-corrected chi connectivity index (χ2v) is 12.7. The number of rotatable bonds is 26. The van der Waals surface area contributed by atoms with Crippen LogP contribution in [0.5, 0.6) is 0 Å². The number of hydrogen-bond acceptors (Lipinski definition) is 2. The zero-order chi connectivity index (χ0) is 29.8. The molecule has 40 heavy (non-hydrogen) atoms. The fraction of sp³-hybridized carbons (Fsp3) is 0.763. The number of unbranched alkanes of at least 4 members (excludes halogenated alkanes) is 14. The van der Waals surface area contributed by atoms with Crippen LogP contribution in [-0.2, 0) is 9.53 Å². The molecule has 0 aliphatic rings. The summed E-state index contributed by atoms with van der Waals surface area (Å²) in [6, 6.07) is 0. The molecule has 0 bridgehead atoms. The normalized spacial score (nSPS) is 12.8. The highest BCUT2D eigenvalue weighted by molar-refractivity contribution is 5.69. The zero-order valence-electron chi connectivity index (χ0n) is 28.1. The molecule has 0 amide bonds. The number of esters is 1. The van der Waals surface area contributed by atoms with Crippen molar-refractivity contribution < 1.29 is 9.53 Å². The van der Waals surface area contributed by atoms with E-state index >= 15 is 0 Å². The summed E-state index contributed by atoms with van der Waals surface area (Å²) in [5.74, 6) is -0.0383. The van der Waals surface area contributed by atoms with Crippen molar-refractivity contribution in [1.29, 1.82) is 0 Å². The molecule has 0 aromatic carbocycles. The summed E-state index contributed by atoms with van der Waals surface area (Å²) in [5, 5.41) is 0. The fourth-order valence-electron chi connectivity index (χ4n) is 5.02. The van der Waals surface area contributed by atoms with Gasteiger partial charge >= 0.3 is 5.97 Å². The highest BCUT2D eigenvalue weighted by Gasteiger charge is 2.12. The lowest BCUT2D eigenvalue weighted by Gasteiger charge is -2.15. The first-order valence-electron chi connectivity index (χ1n) is 17.0. The molecule has 0 saturated heterocycles. The number of ether oxygens (including phenoxy) is 1. The second-order valence-electron chi connectivity index (χ2n) is 12.7. The van der Waals surface area contributed by atoms with Crippen LogP contribution in [0.25, 0.3) is 0 Å². The van der Waals surface area contributed by atoms with Gasteiger partial charge in [0.25, 0.3) is 0 Å². The van der Waals surface area contributed by atoms with Crippen LogP contribution >= 0.6 is 0 Å². The van der Waals surface area contributed by atoms with Gasteiger partial charge in [0.15, 0.2) is 0 Å². The number of carbonyl (C=O) groups excluding carboxylic acids is 1. The van der Waals surface area contributed by atoms with Gasteiger partial charge in [-0.15, -0.1) is 0 Å². The van der Waals surface area contributed by atoms with E-state index in [0.717, 1.165) is 44.9 Å². The first kappa shape index (κ1) is 38.4. The zero-order valence-corrected chi connectivity index (χ0v) is 28.1. The molecule has 0 saturated carbocycles. The van der Waals surface area contributed by atoms with Crippen molar-refractivity contribution in [3.8, 4) is 0 Å². The number of allylic oxidation sites excluding steroid dienone is 6. The van der Waals surface area contributed by atoms with Gasteiger partial charge in [-0.2, -0.15) is 0 Å². The summed E-state index contributed by atoms with van der Waals surface area (Å²) < 4.78 is 5.97. The third kappa shape index (κ3) is 28.0. The van der Waals surface area contributed by atoms with Gasteiger partial charge in [-0.05, 0) is 79.7 Å². The minimum atomic E-state index is -0.158. The van der Waals surface area contributed by atoms with Gasteiger partial charge in [0.2, 0.25) is 0 Å². The van der Waals surface area contributed by atoms with E-state index in [9.17, 15) is 4.79 Å². The molecular weight excluding hydrogens is 488 g/mol. The molecule has 0 fully saturated rings. The molecule has 2 heteroatoms. The lowest BCUT2D eigenvalue weighted by Crippen LogP contribution is -2.16. The van der Waals surface area contributed by atoms with Crippen molar-refractivity contribution in [3.63, 3.8) is 0 Å². The Kier molecular flexibility index (Phi) is 26.5. The maximum absolute atomic E-state index is 12.7. The van der Waals surface area contributed by atoms with E-state index in [4.69, 9.17) is 4.74 Å². The molecule has 0 aromatic rings. The van der Waals surface area contributed by atoms with E-state index in [1.165, 1.54) is 106 Å². The number of carbonyl (C=O) groups is 1. The fourth-order valence-corrected chi connectivity index (χ4v) is 5.02. The van der Waals surface area contributed by atoms with Crippen LogP contribution < -0.4 is 0 Å². The van der Waals surface area contributed by atoms with Crippen LogP contribution in [0.4, 0.5) is 0 Å². The minimum Gasteiger partial charge on any atom is -0.458 e. The molecule has 0 aliphatic heterocycles. The second kappa shape index (κ2) is 27.6. The largest absolute Gasteiger partial charge is 0.458 e. The molecule has 0 aromatic heterocycles. The Hall–Kier alpha value is -1.57. The van der Waals surface area contributed by atoms with E-state index in [2.05, 4.69) is 72.8 Å². The van der Waals surface area contributed by atoms with Crippen LogP contribution in [0.1, 0.15) is 183 Å². The molecule has 0 spiro atoms. The Balaban J connectivity index is 4.28. The first-order valence-corrected chi connectivity index (χ1v) is 17.0. The predicted molar refractivity (Wildman–Crippen MR) is 179 cm³/mol. The van der Waals surface area contributed by atoms with Gasteiger partial charge < -0.3 is 4.74 Å². The van der Waals surface area contributed by atoms with Crippen LogP contribution in [0, 0.1) is 0 Å². The average Bonchev–Trinajstić information content (AvgIpc) is 2.89. The van der Waals surface area contributed by atoms with Gasteiger partial charge in [-0.1, -0.05) is 137 Å². The number of hydrogen-bond donors (Lipinski definition) is 0. The van der Waals surface area contributed by atoms with Crippen LogP contribution in [0.2, 0.25) is 0 Å². The Morgan fingerprint density at radius 3 is 1.43 bits per heavy atom. The van der Waals surface area contributed by atoms with E-state index in [1.54, 1.807) is 0 Å². The van der Waals surface area contributed by atoms with Gasteiger partial charge in [0.05, 0.1) is 0 Å². The van der Waals surface area contributed by atoms with E-state index in [1.807, 2.05) is 0 Å². The quantitative estimate of drug-likeness (QED) is 0.0601. The van der Waals surface area contributed by atoms with E-state index in [0.29, 0.717) is 6.42 Å². The van der Waals surface area contributed by atoms with Gasteiger partial charge in [-0.25, -0.2) is 0 Å². The Morgan fingerprint density at radius 2 is 0.975 bits per heavy atom. The lowest BCUT2D eigenvalue weighted by atomic mass is 10.0. The first-order chi connectivity index (χ1) is 19.2. The summed E-state index contributed by atoms with van der Waals surface area (Å²) in [6.45, 7) is 15.2. The smallest absolute Gasteiger partial charge is 0.306 e. The topological polar surface area (TPSA) is 26.3 Å². The minimum absolute atomic E-state index is 0.0383. The maximum Gasteiger partial charge on any atom is 0.306 e. The molecule has 0 rings (SSSR count). The average molecular weight is 557 g/mol. The molecule has 1 atom stereocenters. The highest BCUT2D eigenvalue weighted by atomic mass is 16.5. The molecule has 0 aliphatic carbocycles. The SMILES string of the molecule is CCCCCCCCCCCCCCCCCC(=O)OC(/C=C(\C)CCC=C(C)C)C/C=C(\C)CCC=C(C)C. The Labute approximate surface area is 251 Å². The van der Waals surface area contributed by atoms with E-state index in [-0.39, 0.29) is 12.1 Å². The van der Waals surface area contributed by atoms with Crippen molar-refractivity contribution in [2.24, 2.45) is 0 Å². The van der Waals surface area contributed by atoms with Gasteiger partial charge in [-0.3, -0.25) is 4.79 Å². The molecule has 2 nitrogen and oxygen atoms in total. The summed E-state index contributed by atoms with van der Waals surface area (Å²) in [6.07, 6.45) is 34.4. The van der Waals surface area contributed by atoms with Gasteiger partial charge in [0, 0.05) is 12.8 Å². The summed E-state index contributed by atoms with van der Waals surface area (Å²) in [4.78, 5) is 12.7. The molecule has 0 N–H and O–H groups in total. The molecule has 0 radical (unpaired) electrons. The third-order valence-electron chi connectivity index (χ3n) is 7.62. The third-order valence-corrected chi connectivity index (χ3v) is 7.62. The van der Waals surface area contributed by atoms with Crippen LogP contribution in [-0.4, -0.2) is 12.1 Å².